The van der Waals surface area contributed by atoms with E-state index in [1.807, 2.05) is 18.9 Å². The fraction of sp³-hybridized carbons (Fsp3) is 0.929. The smallest absolute Gasteiger partial charge is 0.310 e. The van der Waals surface area contributed by atoms with E-state index in [0.717, 1.165) is 25.7 Å². The molecule has 0 amide bonds. The van der Waals surface area contributed by atoms with Crippen molar-refractivity contribution in [3.8, 4) is 0 Å². The van der Waals surface area contributed by atoms with Crippen LogP contribution >= 0.6 is 0 Å². The molecule has 1 saturated carbocycles. The highest BCUT2D eigenvalue weighted by Gasteiger charge is 2.43. The lowest BCUT2D eigenvalue weighted by atomic mass is 10.0. The topological polar surface area (TPSA) is 75.7 Å². The number of rotatable bonds is 4. The maximum atomic E-state index is 12.7. The average Bonchev–Trinajstić information content (AvgIpc) is 2.92. The van der Waals surface area contributed by atoms with Crippen LogP contribution in [-0.4, -0.2) is 43.8 Å². The summed E-state index contributed by atoms with van der Waals surface area (Å²) in [5.74, 6) is -0.953. The molecule has 2 fully saturated rings. The van der Waals surface area contributed by atoms with Gasteiger partial charge in [0.25, 0.3) is 0 Å². The van der Waals surface area contributed by atoms with Crippen LogP contribution in [0.2, 0.25) is 0 Å². The second kappa shape index (κ2) is 6.62. The van der Waals surface area contributed by atoms with E-state index in [4.69, 9.17) is 4.74 Å². The highest BCUT2D eigenvalue weighted by Crippen LogP contribution is 2.32. The molecule has 4 unspecified atom stereocenters. The summed E-state index contributed by atoms with van der Waals surface area (Å²) in [5, 5.41) is 1.16. The molecule has 1 saturated heterocycles. The zero-order valence-electron chi connectivity index (χ0n) is 13.0. The van der Waals surface area contributed by atoms with Crippen molar-refractivity contribution in [2.24, 2.45) is 5.92 Å². The molecule has 0 aromatic heterocycles. The lowest BCUT2D eigenvalue weighted by Crippen LogP contribution is -2.56. The third kappa shape index (κ3) is 3.57. The first-order valence-electron chi connectivity index (χ1n) is 7.74. The van der Waals surface area contributed by atoms with Crippen LogP contribution in [0.5, 0.6) is 0 Å². The Bertz CT molecular complexity index is 469. The number of methoxy groups -OCH3 is 1. The van der Waals surface area contributed by atoms with Crippen LogP contribution in [0.15, 0.2) is 0 Å². The summed E-state index contributed by atoms with van der Waals surface area (Å²) < 4.78 is 30.1. The number of hydrazine groups is 1. The Morgan fingerprint density at radius 2 is 1.67 bits per heavy atom. The third-order valence-electron chi connectivity index (χ3n) is 4.78. The number of hydrogen-bond donors (Lipinski definition) is 1. The highest BCUT2D eigenvalue weighted by molar-refractivity contribution is 7.90. The number of piperidine rings is 1. The molecule has 0 aromatic carbocycles. The monoisotopic (exact) mass is 318 g/mol. The molecule has 0 radical (unpaired) electrons. The normalized spacial score (nSPS) is 34.8. The van der Waals surface area contributed by atoms with E-state index in [9.17, 15) is 13.2 Å². The Morgan fingerprint density at radius 3 is 2.24 bits per heavy atom. The summed E-state index contributed by atoms with van der Waals surface area (Å²) in [6, 6.07) is 0.364. The van der Waals surface area contributed by atoms with E-state index in [0.29, 0.717) is 12.8 Å². The number of ether oxygens (including phenoxy) is 1. The Kier molecular flexibility index (Phi) is 5.27. The third-order valence-corrected chi connectivity index (χ3v) is 6.61. The summed E-state index contributed by atoms with van der Waals surface area (Å²) in [5.41, 5.74) is 0. The lowest BCUT2D eigenvalue weighted by molar-refractivity contribution is -0.145. The first-order valence-corrected chi connectivity index (χ1v) is 9.29. The van der Waals surface area contributed by atoms with Crippen LogP contribution in [0.25, 0.3) is 0 Å². The van der Waals surface area contributed by atoms with Gasteiger partial charge in [0.1, 0.15) is 0 Å². The Balaban J connectivity index is 2.12. The van der Waals surface area contributed by atoms with Gasteiger partial charge in [0.05, 0.1) is 18.3 Å². The molecule has 1 heterocycles. The molecule has 0 bridgehead atoms. The summed E-state index contributed by atoms with van der Waals surface area (Å²) in [7, 11) is -2.24. The van der Waals surface area contributed by atoms with Crippen molar-refractivity contribution in [1.82, 2.24) is 9.84 Å². The minimum absolute atomic E-state index is 0.182. The quantitative estimate of drug-likeness (QED) is 0.794. The van der Waals surface area contributed by atoms with E-state index in [2.05, 4.69) is 4.83 Å². The van der Waals surface area contributed by atoms with Crippen molar-refractivity contribution in [3.05, 3.63) is 0 Å². The summed E-state index contributed by atoms with van der Waals surface area (Å²) >= 11 is 0. The fourth-order valence-corrected chi connectivity index (χ4v) is 5.48. The molecule has 6 nitrogen and oxygen atoms in total. The van der Waals surface area contributed by atoms with E-state index < -0.39 is 27.2 Å². The predicted molar refractivity (Wildman–Crippen MR) is 79.8 cm³/mol. The van der Waals surface area contributed by atoms with Gasteiger partial charge in [0.2, 0.25) is 10.0 Å². The van der Waals surface area contributed by atoms with Gasteiger partial charge in [0, 0.05) is 12.1 Å². The molecule has 0 aromatic rings. The summed E-state index contributed by atoms with van der Waals surface area (Å²) in [6.07, 6.45) is 4.94. The summed E-state index contributed by atoms with van der Waals surface area (Å²) in [6.45, 7) is 4.06. The van der Waals surface area contributed by atoms with Crippen molar-refractivity contribution < 1.29 is 17.9 Å². The Hall–Kier alpha value is -0.660. The molecule has 122 valence electrons. The van der Waals surface area contributed by atoms with Crippen LogP contribution in [0.3, 0.4) is 0 Å². The molecule has 4 atom stereocenters. The van der Waals surface area contributed by atoms with Gasteiger partial charge in [0.15, 0.2) is 0 Å². The summed E-state index contributed by atoms with van der Waals surface area (Å²) in [4.78, 5) is 14.5. The van der Waals surface area contributed by atoms with E-state index in [1.54, 1.807) is 0 Å². The van der Waals surface area contributed by atoms with Gasteiger partial charge in [-0.25, -0.2) is 13.4 Å². The average molecular weight is 318 g/mol. The molecule has 7 heteroatoms. The molecule has 2 aliphatic rings. The molecule has 1 N–H and O–H groups in total. The van der Waals surface area contributed by atoms with Gasteiger partial charge in [-0.2, -0.15) is 0 Å². The van der Waals surface area contributed by atoms with Crippen molar-refractivity contribution >= 4 is 16.0 Å². The van der Waals surface area contributed by atoms with Crippen molar-refractivity contribution in [2.45, 2.75) is 69.7 Å². The number of esters is 1. The number of carbonyl (C=O) groups is 1. The van der Waals surface area contributed by atoms with Crippen LogP contribution in [0, 0.1) is 5.92 Å². The van der Waals surface area contributed by atoms with Gasteiger partial charge in [-0.1, -0.05) is 12.8 Å². The standard InChI is InChI=1S/C14H26N2O4S/c1-10-6-4-7-11(2)16(10)15-21(18,19)13-9-5-8-12(13)14(17)20-3/h10-13,15H,4-9H2,1-3H3. The molecule has 2 rings (SSSR count). The first kappa shape index (κ1) is 16.7. The van der Waals surface area contributed by atoms with Crippen LogP contribution in [0.4, 0.5) is 0 Å². The van der Waals surface area contributed by atoms with Gasteiger partial charge in [-0.15, -0.1) is 4.83 Å². The molecule has 21 heavy (non-hydrogen) atoms. The molecular weight excluding hydrogens is 292 g/mol. The van der Waals surface area contributed by atoms with E-state index in [1.165, 1.54) is 7.11 Å². The van der Waals surface area contributed by atoms with E-state index in [-0.39, 0.29) is 12.1 Å². The SMILES string of the molecule is COC(=O)C1CCCC1S(=O)(=O)NN1C(C)CCCC1C. The molecule has 1 aliphatic carbocycles. The van der Waals surface area contributed by atoms with Gasteiger partial charge in [-0.3, -0.25) is 4.79 Å². The van der Waals surface area contributed by atoms with Crippen molar-refractivity contribution in [1.29, 1.82) is 0 Å². The van der Waals surface area contributed by atoms with Crippen LogP contribution in [-0.2, 0) is 19.6 Å². The fourth-order valence-electron chi connectivity index (χ4n) is 3.53. The van der Waals surface area contributed by atoms with E-state index >= 15 is 0 Å². The molecular formula is C14H26N2O4S. The number of nitrogens with one attached hydrogen (secondary N) is 1. The maximum absolute atomic E-state index is 12.7. The second-order valence-corrected chi connectivity index (χ2v) is 8.15. The number of carbonyl (C=O) groups excluding carboxylic acids is 1. The van der Waals surface area contributed by atoms with Gasteiger partial charge >= 0.3 is 5.97 Å². The van der Waals surface area contributed by atoms with Crippen molar-refractivity contribution in [2.75, 3.05) is 7.11 Å². The number of sulfonamides is 1. The lowest BCUT2D eigenvalue weighted by Gasteiger charge is -2.39. The minimum atomic E-state index is -3.55. The predicted octanol–water partition coefficient (Wildman–Crippen LogP) is 1.43. The molecule has 1 aliphatic heterocycles. The Labute approximate surface area is 127 Å². The van der Waals surface area contributed by atoms with Crippen LogP contribution < -0.4 is 4.83 Å². The number of nitrogens with zero attached hydrogens (tertiary/aromatic N) is 1. The second-order valence-electron chi connectivity index (χ2n) is 6.27. The Morgan fingerprint density at radius 1 is 1.10 bits per heavy atom. The minimum Gasteiger partial charge on any atom is -0.469 e. The highest BCUT2D eigenvalue weighted by atomic mass is 32.2. The van der Waals surface area contributed by atoms with Crippen LogP contribution in [0.1, 0.15) is 52.4 Å². The number of hydrogen-bond acceptors (Lipinski definition) is 5. The first-order chi connectivity index (χ1) is 9.86. The molecule has 0 spiro atoms. The van der Waals surface area contributed by atoms with Gasteiger partial charge < -0.3 is 4.74 Å². The van der Waals surface area contributed by atoms with Gasteiger partial charge in [-0.05, 0) is 39.5 Å². The van der Waals surface area contributed by atoms with Crippen molar-refractivity contribution in [3.63, 3.8) is 0 Å². The zero-order chi connectivity index (χ0) is 15.6. The largest absolute Gasteiger partial charge is 0.469 e. The maximum Gasteiger partial charge on any atom is 0.310 e. The zero-order valence-corrected chi connectivity index (χ0v) is 13.9.